The van der Waals surface area contributed by atoms with E-state index in [-0.39, 0.29) is 0 Å². The monoisotopic (exact) mass is 282 g/mol. The van der Waals surface area contributed by atoms with E-state index in [9.17, 15) is 0 Å². The molecule has 0 unspecified atom stereocenters. The van der Waals surface area contributed by atoms with Crippen molar-refractivity contribution in [2.45, 2.75) is 46.5 Å². The fourth-order valence-corrected chi connectivity index (χ4v) is 4.53. The largest absolute Gasteiger partial charge is 0.135 e. The summed E-state index contributed by atoms with van der Waals surface area (Å²) < 4.78 is 2.86. The number of hydrogen-bond acceptors (Lipinski definition) is 1. The second-order valence-corrected chi connectivity index (χ2v) is 7.37. The third-order valence-electron chi connectivity index (χ3n) is 4.22. The molecule has 0 aliphatic rings. The molecule has 0 N–H and O–H groups in total. The van der Waals surface area contributed by atoms with Crippen molar-refractivity contribution in [2.24, 2.45) is 0 Å². The Morgan fingerprint density at radius 3 is 2.25 bits per heavy atom. The van der Waals surface area contributed by atoms with Gasteiger partial charge in [0, 0.05) is 20.2 Å². The molecule has 0 spiro atoms. The molecule has 0 bridgehead atoms. The van der Waals surface area contributed by atoms with Gasteiger partial charge in [0.1, 0.15) is 0 Å². The number of thiophene rings is 1. The first-order chi connectivity index (χ1) is 9.50. The van der Waals surface area contributed by atoms with Crippen molar-refractivity contribution < 1.29 is 0 Å². The number of hydrogen-bond donors (Lipinski definition) is 0. The van der Waals surface area contributed by atoms with Crippen LogP contribution in [0.5, 0.6) is 0 Å². The Labute approximate surface area is 125 Å². The first-order valence-corrected chi connectivity index (χ1v) is 8.27. The van der Waals surface area contributed by atoms with Crippen LogP contribution >= 0.6 is 11.3 Å². The second kappa shape index (κ2) is 4.89. The van der Waals surface area contributed by atoms with Crippen LogP contribution in [-0.4, -0.2) is 0 Å². The fourth-order valence-electron chi connectivity index (χ4n) is 3.36. The van der Waals surface area contributed by atoms with E-state index in [0.717, 1.165) is 0 Å². The second-order valence-electron chi connectivity index (χ2n) is 6.29. The van der Waals surface area contributed by atoms with E-state index >= 15 is 0 Å². The molecule has 0 fully saturated rings. The number of benzene rings is 2. The maximum Gasteiger partial charge on any atom is 0.0361 e. The van der Waals surface area contributed by atoms with Crippen LogP contribution in [0, 0.1) is 6.92 Å². The Kier molecular flexibility index (Phi) is 3.33. The van der Waals surface area contributed by atoms with Gasteiger partial charge >= 0.3 is 0 Å². The van der Waals surface area contributed by atoms with E-state index in [1.54, 1.807) is 5.56 Å². The van der Waals surface area contributed by atoms with Gasteiger partial charge in [-0.2, -0.15) is 0 Å². The molecule has 0 saturated heterocycles. The van der Waals surface area contributed by atoms with Gasteiger partial charge in [0.05, 0.1) is 0 Å². The van der Waals surface area contributed by atoms with Gasteiger partial charge in [-0.05, 0) is 47.6 Å². The Morgan fingerprint density at radius 1 is 0.900 bits per heavy atom. The Bertz CT molecular complexity index is 775. The molecule has 0 radical (unpaired) electrons. The minimum atomic E-state index is 0.564. The molecule has 0 saturated carbocycles. The van der Waals surface area contributed by atoms with Gasteiger partial charge in [0.15, 0.2) is 0 Å². The number of rotatable bonds is 2. The topological polar surface area (TPSA) is 0 Å². The van der Waals surface area contributed by atoms with Crippen LogP contribution in [0.1, 0.15) is 56.2 Å². The molecule has 2 aromatic carbocycles. The van der Waals surface area contributed by atoms with Crippen molar-refractivity contribution in [1.29, 1.82) is 0 Å². The molecule has 0 nitrogen and oxygen atoms in total. The summed E-state index contributed by atoms with van der Waals surface area (Å²) >= 11 is 1.93. The van der Waals surface area contributed by atoms with Crippen LogP contribution in [0.4, 0.5) is 0 Å². The summed E-state index contributed by atoms with van der Waals surface area (Å²) in [5.74, 6) is 1.15. The quantitative estimate of drug-likeness (QED) is 0.496. The molecule has 3 rings (SSSR count). The zero-order chi connectivity index (χ0) is 14.4. The van der Waals surface area contributed by atoms with Gasteiger partial charge in [0.25, 0.3) is 0 Å². The van der Waals surface area contributed by atoms with Crippen LogP contribution in [0.3, 0.4) is 0 Å². The predicted molar refractivity (Wildman–Crippen MR) is 92.2 cm³/mol. The highest BCUT2D eigenvalue weighted by molar-refractivity contribution is 7.25. The SMILES string of the molecule is Cc1c(C(C)C)cc2sc3ccccc3c2c1C(C)C. The van der Waals surface area contributed by atoms with E-state index in [1.165, 1.54) is 31.3 Å². The summed E-state index contributed by atoms with van der Waals surface area (Å²) in [6, 6.07) is 11.2. The summed E-state index contributed by atoms with van der Waals surface area (Å²) in [6.45, 7) is 11.5. The van der Waals surface area contributed by atoms with Gasteiger partial charge < -0.3 is 0 Å². The van der Waals surface area contributed by atoms with Gasteiger partial charge in [-0.15, -0.1) is 11.3 Å². The summed E-state index contributed by atoms with van der Waals surface area (Å²) in [6.07, 6.45) is 0. The molecule has 1 heteroatoms. The molecule has 1 aromatic heterocycles. The smallest absolute Gasteiger partial charge is 0.0361 e. The standard InChI is InChI=1S/C19H22S/c1-11(2)15-10-17-19(18(12(3)4)13(15)5)14-8-6-7-9-16(14)20-17/h6-12H,1-5H3. The first-order valence-electron chi connectivity index (χ1n) is 7.45. The Hall–Kier alpha value is -1.34. The van der Waals surface area contributed by atoms with E-state index in [2.05, 4.69) is 65.0 Å². The third kappa shape index (κ3) is 1.96. The van der Waals surface area contributed by atoms with Gasteiger partial charge in [-0.25, -0.2) is 0 Å². The number of fused-ring (bicyclic) bond motifs is 3. The summed E-state index contributed by atoms with van der Waals surface area (Å²) in [7, 11) is 0. The zero-order valence-electron chi connectivity index (χ0n) is 12.9. The van der Waals surface area contributed by atoms with Crippen LogP contribution < -0.4 is 0 Å². The highest BCUT2D eigenvalue weighted by Gasteiger charge is 2.18. The lowest BCUT2D eigenvalue weighted by atomic mass is 9.86. The molecule has 1 heterocycles. The maximum absolute atomic E-state index is 2.42. The highest BCUT2D eigenvalue weighted by Crippen LogP contribution is 2.42. The van der Waals surface area contributed by atoms with E-state index in [0.29, 0.717) is 11.8 Å². The molecule has 0 aliphatic heterocycles. The maximum atomic E-state index is 2.42. The molecule has 0 amide bonds. The van der Waals surface area contributed by atoms with Crippen molar-refractivity contribution >= 4 is 31.5 Å². The minimum absolute atomic E-state index is 0.564. The van der Waals surface area contributed by atoms with E-state index in [1.807, 2.05) is 11.3 Å². The van der Waals surface area contributed by atoms with Gasteiger partial charge in [0.2, 0.25) is 0 Å². The van der Waals surface area contributed by atoms with E-state index in [4.69, 9.17) is 0 Å². The van der Waals surface area contributed by atoms with Crippen LogP contribution in [-0.2, 0) is 0 Å². The zero-order valence-corrected chi connectivity index (χ0v) is 13.8. The molecule has 3 aromatic rings. The van der Waals surface area contributed by atoms with Crippen molar-refractivity contribution in [3.8, 4) is 0 Å². The van der Waals surface area contributed by atoms with Crippen molar-refractivity contribution in [2.75, 3.05) is 0 Å². The summed E-state index contributed by atoms with van der Waals surface area (Å²) in [5, 5.41) is 2.91. The Morgan fingerprint density at radius 2 is 1.60 bits per heavy atom. The van der Waals surface area contributed by atoms with Crippen molar-refractivity contribution in [1.82, 2.24) is 0 Å². The molecular weight excluding hydrogens is 260 g/mol. The Balaban J connectivity index is 2.52. The lowest BCUT2D eigenvalue weighted by molar-refractivity contribution is 0.826. The van der Waals surface area contributed by atoms with Crippen LogP contribution in [0.2, 0.25) is 0 Å². The molecule has 0 aliphatic carbocycles. The fraction of sp³-hybridized carbons (Fsp3) is 0.368. The van der Waals surface area contributed by atoms with Crippen molar-refractivity contribution in [3.05, 3.63) is 47.0 Å². The summed E-state index contributed by atoms with van der Waals surface area (Å²) in [4.78, 5) is 0. The third-order valence-corrected chi connectivity index (χ3v) is 5.33. The van der Waals surface area contributed by atoms with Gasteiger partial charge in [-0.3, -0.25) is 0 Å². The first kappa shape index (κ1) is 13.6. The molecule has 104 valence electrons. The minimum Gasteiger partial charge on any atom is -0.135 e. The molecule has 20 heavy (non-hydrogen) atoms. The lowest BCUT2D eigenvalue weighted by Gasteiger charge is -2.18. The molecular formula is C19H22S. The van der Waals surface area contributed by atoms with Gasteiger partial charge in [-0.1, -0.05) is 45.9 Å². The predicted octanol–water partition coefficient (Wildman–Crippen LogP) is 6.61. The molecule has 0 atom stereocenters. The summed E-state index contributed by atoms with van der Waals surface area (Å²) in [5.41, 5.74) is 4.54. The van der Waals surface area contributed by atoms with Crippen molar-refractivity contribution in [3.63, 3.8) is 0 Å². The van der Waals surface area contributed by atoms with E-state index < -0.39 is 0 Å². The normalized spacial score (nSPS) is 12.2. The van der Waals surface area contributed by atoms with Crippen LogP contribution in [0.15, 0.2) is 30.3 Å². The average molecular weight is 282 g/mol. The lowest BCUT2D eigenvalue weighted by Crippen LogP contribution is -2.00. The average Bonchev–Trinajstić information content (AvgIpc) is 2.75. The highest BCUT2D eigenvalue weighted by atomic mass is 32.1. The van der Waals surface area contributed by atoms with Crippen LogP contribution in [0.25, 0.3) is 20.2 Å².